The van der Waals surface area contributed by atoms with Gasteiger partial charge in [-0.25, -0.2) is 8.42 Å². The fourth-order valence-corrected chi connectivity index (χ4v) is 4.50. The molecule has 2 aromatic carbocycles. The predicted molar refractivity (Wildman–Crippen MR) is 104 cm³/mol. The van der Waals surface area contributed by atoms with Gasteiger partial charge in [0, 0.05) is 18.2 Å². The van der Waals surface area contributed by atoms with Crippen LogP contribution in [-0.4, -0.2) is 40.1 Å². The van der Waals surface area contributed by atoms with E-state index in [4.69, 9.17) is 16.3 Å². The Hall–Kier alpha value is -2.09. The summed E-state index contributed by atoms with van der Waals surface area (Å²) in [6.07, 6.45) is 1.84. The van der Waals surface area contributed by atoms with Gasteiger partial charge >= 0.3 is 0 Å². The maximum absolute atomic E-state index is 13.1. The normalized spacial score (nSPS) is 16.9. The number of nitrogens with zero attached hydrogens (tertiary/aromatic N) is 1. The van der Waals surface area contributed by atoms with Gasteiger partial charge in [0.05, 0.1) is 16.7 Å². The first-order chi connectivity index (χ1) is 13.0. The highest BCUT2D eigenvalue weighted by Gasteiger charge is 2.27. The molecule has 1 aliphatic rings. The van der Waals surface area contributed by atoms with Gasteiger partial charge in [0.15, 0.2) is 0 Å². The third-order valence-corrected chi connectivity index (χ3v) is 6.29. The van der Waals surface area contributed by atoms with Crippen molar-refractivity contribution in [2.24, 2.45) is 0 Å². The van der Waals surface area contributed by atoms with Crippen LogP contribution >= 0.6 is 11.6 Å². The van der Waals surface area contributed by atoms with E-state index in [0.717, 1.165) is 17.1 Å². The summed E-state index contributed by atoms with van der Waals surface area (Å²) in [5.74, 6) is -0.398. The van der Waals surface area contributed by atoms with Crippen molar-refractivity contribution in [1.82, 2.24) is 5.32 Å². The lowest BCUT2D eigenvalue weighted by Crippen LogP contribution is -2.42. The van der Waals surface area contributed by atoms with Crippen LogP contribution in [0.2, 0.25) is 5.02 Å². The quantitative estimate of drug-likeness (QED) is 0.764. The number of carbonyl (C=O) groups is 1. The molecule has 0 radical (unpaired) electrons. The van der Waals surface area contributed by atoms with E-state index in [0.29, 0.717) is 23.9 Å². The summed E-state index contributed by atoms with van der Waals surface area (Å²) in [4.78, 5) is 12.5. The Bertz CT molecular complexity index is 884. The number of anilines is 1. The van der Waals surface area contributed by atoms with Crippen molar-refractivity contribution in [3.8, 4) is 0 Å². The van der Waals surface area contributed by atoms with Gasteiger partial charge in [0.1, 0.15) is 6.54 Å². The molecule has 0 aromatic heterocycles. The fraction of sp³-hybridized carbons (Fsp3) is 0.316. The minimum atomic E-state index is -3.92. The Kier molecular flexibility index (Phi) is 6.36. The second-order valence-corrected chi connectivity index (χ2v) is 8.54. The first-order valence-electron chi connectivity index (χ1n) is 8.68. The zero-order valence-electron chi connectivity index (χ0n) is 14.7. The number of rotatable bonds is 7. The monoisotopic (exact) mass is 408 g/mol. The molecule has 0 aliphatic carbocycles. The molecule has 27 heavy (non-hydrogen) atoms. The second-order valence-electron chi connectivity index (χ2n) is 6.24. The zero-order valence-corrected chi connectivity index (χ0v) is 16.2. The highest BCUT2D eigenvalue weighted by atomic mass is 35.5. The van der Waals surface area contributed by atoms with Gasteiger partial charge in [0.2, 0.25) is 5.91 Å². The summed E-state index contributed by atoms with van der Waals surface area (Å²) in [6, 6.07) is 14.4. The van der Waals surface area contributed by atoms with Gasteiger partial charge in [-0.05, 0) is 43.2 Å². The van der Waals surface area contributed by atoms with Crippen molar-refractivity contribution in [2.75, 3.05) is 24.0 Å². The maximum Gasteiger partial charge on any atom is 0.264 e. The van der Waals surface area contributed by atoms with E-state index in [1.54, 1.807) is 36.4 Å². The van der Waals surface area contributed by atoms with Crippen LogP contribution in [0, 0.1) is 0 Å². The van der Waals surface area contributed by atoms with E-state index < -0.39 is 15.9 Å². The van der Waals surface area contributed by atoms with Gasteiger partial charge in [-0.1, -0.05) is 35.9 Å². The summed E-state index contributed by atoms with van der Waals surface area (Å²) in [5, 5.41) is 3.15. The molecule has 1 atom stereocenters. The van der Waals surface area contributed by atoms with E-state index in [1.165, 1.54) is 18.2 Å². The average molecular weight is 409 g/mol. The summed E-state index contributed by atoms with van der Waals surface area (Å²) < 4.78 is 32.8. The molecule has 1 heterocycles. The molecular formula is C19H21ClN2O4S. The van der Waals surface area contributed by atoms with E-state index in [-0.39, 0.29) is 17.5 Å². The molecule has 1 N–H and O–H groups in total. The SMILES string of the molecule is O=C(CN(c1cccc(Cl)c1)S(=O)(=O)c1ccccc1)NC[C@@H]1CCCO1. The maximum atomic E-state index is 13.1. The fourth-order valence-electron chi connectivity index (χ4n) is 2.89. The molecule has 1 fully saturated rings. The first kappa shape index (κ1) is 19.7. The van der Waals surface area contributed by atoms with Crippen LogP contribution in [0.5, 0.6) is 0 Å². The van der Waals surface area contributed by atoms with Gasteiger partial charge in [-0.2, -0.15) is 0 Å². The number of hydrogen-bond acceptors (Lipinski definition) is 4. The number of benzene rings is 2. The number of ether oxygens (including phenoxy) is 1. The Balaban J connectivity index is 1.83. The lowest BCUT2D eigenvalue weighted by atomic mass is 10.2. The Morgan fingerprint density at radius 3 is 2.63 bits per heavy atom. The summed E-state index contributed by atoms with van der Waals surface area (Å²) in [7, 11) is -3.92. The Morgan fingerprint density at radius 1 is 1.19 bits per heavy atom. The van der Waals surface area contributed by atoms with Gasteiger partial charge in [-0.3, -0.25) is 9.10 Å². The Labute approximate surface area is 164 Å². The minimum Gasteiger partial charge on any atom is -0.376 e. The number of carbonyl (C=O) groups excluding carboxylic acids is 1. The van der Waals surface area contributed by atoms with E-state index in [1.807, 2.05) is 0 Å². The largest absolute Gasteiger partial charge is 0.376 e. The topological polar surface area (TPSA) is 75.7 Å². The van der Waals surface area contributed by atoms with E-state index in [9.17, 15) is 13.2 Å². The van der Waals surface area contributed by atoms with E-state index in [2.05, 4.69) is 5.32 Å². The van der Waals surface area contributed by atoms with Gasteiger partial charge < -0.3 is 10.1 Å². The van der Waals surface area contributed by atoms with Crippen LogP contribution in [-0.2, 0) is 19.6 Å². The summed E-state index contributed by atoms with van der Waals surface area (Å²) >= 11 is 6.03. The molecule has 0 spiro atoms. The smallest absolute Gasteiger partial charge is 0.264 e. The zero-order chi connectivity index (χ0) is 19.3. The van der Waals surface area contributed by atoms with Gasteiger partial charge in [0.25, 0.3) is 10.0 Å². The number of halogens is 1. The van der Waals surface area contributed by atoms with Crippen molar-refractivity contribution in [1.29, 1.82) is 0 Å². The third kappa shape index (κ3) is 5.00. The number of sulfonamides is 1. The molecule has 2 aromatic rings. The van der Waals surface area contributed by atoms with Crippen LogP contribution < -0.4 is 9.62 Å². The van der Waals surface area contributed by atoms with Crippen molar-refractivity contribution in [3.63, 3.8) is 0 Å². The number of hydrogen-bond donors (Lipinski definition) is 1. The number of amides is 1. The van der Waals surface area contributed by atoms with Gasteiger partial charge in [-0.15, -0.1) is 0 Å². The molecule has 6 nitrogen and oxygen atoms in total. The lowest BCUT2D eigenvalue weighted by Gasteiger charge is -2.24. The molecular weight excluding hydrogens is 388 g/mol. The lowest BCUT2D eigenvalue weighted by molar-refractivity contribution is -0.120. The minimum absolute atomic E-state index is 0.0145. The highest BCUT2D eigenvalue weighted by Crippen LogP contribution is 2.26. The standard InChI is InChI=1S/C19H21ClN2O4S/c20-15-6-4-7-16(12-15)22(27(24,25)18-9-2-1-3-10-18)14-19(23)21-13-17-8-5-11-26-17/h1-4,6-7,9-10,12,17H,5,8,11,13-14H2,(H,21,23)/t17-/m0/s1. The van der Waals surface area contributed by atoms with Crippen molar-refractivity contribution in [2.45, 2.75) is 23.8 Å². The second kappa shape index (κ2) is 8.73. The average Bonchev–Trinajstić information content (AvgIpc) is 3.18. The predicted octanol–water partition coefficient (Wildman–Crippen LogP) is 2.83. The van der Waals surface area contributed by atoms with Crippen LogP contribution in [0.25, 0.3) is 0 Å². The highest BCUT2D eigenvalue weighted by molar-refractivity contribution is 7.92. The molecule has 0 unspecified atom stereocenters. The van der Waals surface area contributed by atoms with E-state index >= 15 is 0 Å². The molecule has 0 bridgehead atoms. The molecule has 144 valence electrons. The molecule has 0 saturated carbocycles. The van der Waals surface area contributed by atoms with Crippen molar-refractivity contribution >= 4 is 33.2 Å². The molecule has 3 rings (SSSR count). The van der Waals surface area contributed by atoms with Crippen LogP contribution in [0.15, 0.2) is 59.5 Å². The third-order valence-electron chi connectivity index (χ3n) is 4.27. The van der Waals surface area contributed by atoms with Crippen molar-refractivity contribution in [3.05, 3.63) is 59.6 Å². The van der Waals surface area contributed by atoms with Crippen LogP contribution in [0.3, 0.4) is 0 Å². The van der Waals surface area contributed by atoms with Crippen LogP contribution in [0.1, 0.15) is 12.8 Å². The molecule has 1 saturated heterocycles. The summed E-state index contributed by atoms with van der Waals surface area (Å²) in [6.45, 7) is 0.718. The molecule has 1 amide bonds. The van der Waals surface area contributed by atoms with Crippen LogP contribution in [0.4, 0.5) is 5.69 Å². The van der Waals surface area contributed by atoms with Crippen molar-refractivity contribution < 1.29 is 17.9 Å². The first-order valence-corrected chi connectivity index (χ1v) is 10.5. The molecule has 1 aliphatic heterocycles. The Morgan fingerprint density at radius 2 is 1.96 bits per heavy atom. The molecule has 8 heteroatoms. The number of nitrogens with one attached hydrogen (secondary N) is 1. The summed E-state index contributed by atoms with van der Waals surface area (Å²) in [5.41, 5.74) is 0.332.